The van der Waals surface area contributed by atoms with Gasteiger partial charge in [0.25, 0.3) is 5.91 Å². The predicted octanol–water partition coefficient (Wildman–Crippen LogP) is 1.57. The minimum atomic E-state index is -3.36. The van der Waals surface area contributed by atoms with Gasteiger partial charge in [-0.3, -0.25) is 4.79 Å². The van der Waals surface area contributed by atoms with Crippen LogP contribution >= 0.6 is 0 Å². The maximum absolute atomic E-state index is 12.6. The summed E-state index contributed by atoms with van der Waals surface area (Å²) >= 11 is 0. The molecular weight excluding hydrogens is 346 g/mol. The van der Waals surface area contributed by atoms with Crippen LogP contribution in [0.5, 0.6) is 0 Å². The molecule has 1 aliphatic rings. The van der Waals surface area contributed by atoms with E-state index in [1.165, 1.54) is 36.3 Å². The molecule has 1 saturated heterocycles. The Hall–Kier alpha value is -1.93. The number of likely N-dealkylation sites (tertiary alicyclic amines) is 1. The summed E-state index contributed by atoms with van der Waals surface area (Å²) in [6.07, 6.45) is 1.28. The van der Waals surface area contributed by atoms with Gasteiger partial charge in [0, 0.05) is 25.6 Å². The van der Waals surface area contributed by atoms with Crippen LogP contribution in [0.15, 0.2) is 29.2 Å². The largest absolute Gasteiger partial charge is 0.480 e. The Labute approximate surface area is 147 Å². The molecule has 1 amide bonds. The highest BCUT2D eigenvalue weighted by Gasteiger charge is 2.40. The summed E-state index contributed by atoms with van der Waals surface area (Å²) in [5, 5.41) is 9.30. The van der Waals surface area contributed by atoms with E-state index in [1.807, 2.05) is 6.92 Å². The number of ether oxygens (including phenoxy) is 1. The highest BCUT2D eigenvalue weighted by Crippen LogP contribution is 2.23. The Bertz CT molecular complexity index is 728. The third-order valence-electron chi connectivity index (χ3n) is 4.37. The van der Waals surface area contributed by atoms with Crippen molar-refractivity contribution >= 4 is 21.7 Å². The van der Waals surface area contributed by atoms with Gasteiger partial charge in [-0.1, -0.05) is 13.3 Å². The Morgan fingerprint density at radius 3 is 2.44 bits per heavy atom. The van der Waals surface area contributed by atoms with Gasteiger partial charge in [-0.05, 0) is 30.7 Å². The average Bonchev–Trinajstić information content (AvgIpc) is 3.04. The van der Waals surface area contributed by atoms with Crippen molar-refractivity contribution < 1.29 is 27.9 Å². The van der Waals surface area contributed by atoms with E-state index < -0.39 is 27.8 Å². The molecule has 138 valence electrons. The van der Waals surface area contributed by atoms with Gasteiger partial charge in [0.15, 0.2) is 9.84 Å². The molecule has 2 unspecified atom stereocenters. The van der Waals surface area contributed by atoms with Crippen LogP contribution in [0.4, 0.5) is 0 Å². The zero-order valence-corrected chi connectivity index (χ0v) is 15.2. The lowest BCUT2D eigenvalue weighted by molar-refractivity contribution is -0.141. The average molecular weight is 369 g/mol. The molecule has 25 heavy (non-hydrogen) atoms. The standard InChI is InChI=1S/C17H23NO6S/c1-3-4-9-25(22,23)14-7-5-12(6-8-14)16(19)18-11-13(24-2)10-15(18)17(20)21/h5-8,13,15H,3-4,9-11H2,1-2H3,(H,20,21). The summed E-state index contributed by atoms with van der Waals surface area (Å²) in [5.74, 6) is -1.45. The van der Waals surface area contributed by atoms with E-state index in [2.05, 4.69) is 0 Å². The van der Waals surface area contributed by atoms with Gasteiger partial charge >= 0.3 is 5.97 Å². The van der Waals surface area contributed by atoms with Crippen molar-refractivity contribution in [3.63, 3.8) is 0 Å². The van der Waals surface area contributed by atoms with Crippen LogP contribution in [-0.4, -0.2) is 61.9 Å². The molecule has 8 heteroatoms. The number of hydrogen-bond acceptors (Lipinski definition) is 5. The number of amides is 1. The van der Waals surface area contributed by atoms with Crippen molar-refractivity contribution in [3.8, 4) is 0 Å². The Balaban J connectivity index is 2.19. The molecule has 0 aliphatic carbocycles. The normalized spacial score (nSPS) is 20.6. The van der Waals surface area contributed by atoms with Crippen molar-refractivity contribution in [3.05, 3.63) is 29.8 Å². The second kappa shape index (κ2) is 7.97. The van der Waals surface area contributed by atoms with Crippen LogP contribution < -0.4 is 0 Å². The number of methoxy groups -OCH3 is 1. The molecule has 0 aromatic heterocycles. The molecule has 0 bridgehead atoms. The van der Waals surface area contributed by atoms with Crippen LogP contribution in [-0.2, 0) is 19.4 Å². The summed E-state index contributed by atoms with van der Waals surface area (Å²) in [5.41, 5.74) is 0.262. The molecule has 0 saturated carbocycles. The van der Waals surface area contributed by atoms with Gasteiger partial charge in [0.1, 0.15) is 6.04 Å². The second-order valence-electron chi connectivity index (χ2n) is 6.10. The molecule has 2 atom stereocenters. The lowest BCUT2D eigenvalue weighted by Gasteiger charge is -2.21. The predicted molar refractivity (Wildman–Crippen MR) is 91.3 cm³/mol. The molecule has 1 heterocycles. The summed E-state index contributed by atoms with van der Waals surface area (Å²) in [7, 11) is -1.88. The van der Waals surface area contributed by atoms with Crippen molar-refractivity contribution in [1.29, 1.82) is 0 Å². The summed E-state index contributed by atoms with van der Waals surface area (Å²) < 4.78 is 29.5. The fourth-order valence-corrected chi connectivity index (χ4v) is 4.30. The van der Waals surface area contributed by atoms with E-state index in [0.717, 1.165) is 6.42 Å². The molecule has 7 nitrogen and oxygen atoms in total. The molecule has 1 N–H and O–H groups in total. The molecule has 1 aliphatic heterocycles. The number of benzene rings is 1. The van der Waals surface area contributed by atoms with Gasteiger partial charge in [-0.15, -0.1) is 0 Å². The Kier molecular flexibility index (Phi) is 6.18. The maximum atomic E-state index is 12.6. The van der Waals surface area contributed by atoms with Crippen LogP contribution in [0, 0.1) is 0 Å². The fourth-order valence-electron chi connectivity index (χ4n) is 2.85. The summed E-state index contributed by atoms with van der Waals surface area (Å²) in [4.78, 5) is 25.4. The number of unbranched alkanes of at least 4 members (excludes halogenated alkanes) is 1. The van der Waals surface area contributed by atoms with Crippen molar-refractivity contribution in [2.24, 2.45) is 0 Å². The third-order valence-corrected chi connectivity index (χ3v) is 6.19. The summed E-state index contributed by atoms with van der Waals surface area (Å²) in [6, 6.07) is 4.72. The van der Waals surface area contributed by atoms with E-state index in [0.29, 0.717) is 6.42 Å². The number of carboxylic acids is 1. The first-order chi connectivity index (χ1) is 11.8. The minimum Gasteiger partial charge on any atom is -0.480 e. The van der Waals surface area contributed by atoms with Gasteiger partial charge in [0.2, 0.25) is 0 Å². The van der Waals surface area contributed by atoms with Crippen LogP contribution in [0.2, 0.25) is 0 Å². The number of nitrogens with zero attached hydrogens (tertiary/aromatic N) is 1. The molecule has 2 rings (SSSR count). The number of rotatable bonds is 7. The van der Waals surface area contributed by atoms with Crippen molar-refractivity contribution in [2.45, 2.75) is 43.2 Å². The van der Waals surface area contributed by atoms with Crippen LogP contribution in [0.3, 0.4) is 0 Å². The Morgan fingerprint density at radius 2 is 1.92 bits per heavy atom. The zero-order chi connectivity index (χ0) is 18.6. The van der Waals surface area contributed by atoms with Gasteiger partial charge in [-0.2, -0.15) is 0 Å². The number of sulfone groups is 1. The van der Waals surface area contributed by atoms with Gasteiger partial charge in [-0.25, -0.2) is 13.2 Å². The van der Waals surface area contributed by atoms with Crippen molar-refractivity contribution in [1.82, 2.24) is 4.90 Å². The van der Waals surface area contributed by atoms with Gasteiger partial charge < -0.3 is 14.7 Å². The lowest BCUT2D eigenvalue weighted by atomic mass is 10.1. The first-order valence-corrected chi connectivity index (χ1v) is 9.84. The molecule has 0 radical (unpaired) electrons. The van der Waals surface area contributed by atoms with E-state index >= 15 is 0 Å². The molecule has 1 aromatic carbocycles. The fraction of sp³-hybridized carbons (Fsp3) is 0.529. The molecule has 0 spiro atoms. The second-order valence-corrected chi connectivity index (χ2v) is 8.21. The minimum absolute atomic E-state index is 0.0690. The maximum Gasteiger partial charge on any atom is 0.326 e. The Morgan fingerprint density at radius 1 is 1.28 bits per heavy atom. The first-order valence-electron chi connectivity index (χ1n) is 8.19. The molecule has 1 fully saturated rings. The van der Waals surface area contributed by atoms with Gasteiger partial charge in [0.05, 0.1) is 16.8 Å². The highest BCUT2D eigenvalue weighted by molar-refractivity contribution is 7.91. The zero-order valence-electron chi connectivity index (χ0n) is 14.3. The number of carbonyl (C=O) groups is 2. The lowest BCUT2D eigenvalue weighted by Crippen LogP contribution is -2.40. The SMILES string of the molecule is CCCCS(=O)(=O)c1ccc(C(=O)N2CC(OC)CC2C(=O)O)cc1. The highest BCUT2D eigenvalue weighted by atomic mass is 32.2. The van der Waals surface area contributed by atoms with E-state index in [1.54, 1.807) is 0 Å². The third kappa shape index (κ3) is 4.38. The summed E-state index contributed by atoms with van der Waals surface area (Å²) in [6.45, 7) is 2.11. The van der Waals surface area contributed by atoms with E-state index in [-0.39, 0.29) is 35.3 Å². The first kappa shape index (κ1) is 19.4. The van der Waals surface area contributed by atoms with E-state index in [9.17, 15) is 23.1 Å². The quantitative estimate of drug-likeness (QED) is 0.783. The number of carboxylic acid groups (broad SMARTS) is 1. The smallest absolute Gasteiger partial charge is 0.326 e. The molecular formula is C17H23NO6S. The topological polar surface area (TPSA) is 101 Å². The van der Waals surface area contributed by atoms with E-state index in [4.69, 9.17) is 4.74 Å². The number of carbonyl (C=O) groups excluding carboxylic acids is 1. The van der Waals surface area contributed by atoms with Crippen LogP contribution in [0.25, 0.3) is 0 Å². The number of aliphatic carboxylic acids is 1. The monoisotopic (exact) mass is 369 g/mol. The molecule has 1 aromatic rings. The van der Waals surface area contributed by atoms with Crippen LogP contribution in [0.1, 0.15) is 36.5 Å². The van der Waals surface area contributed by atoms with Crippen molar-refractivity contribution in [2.75, 3.05) is 19.4 Å². The number of hydrogen-bond donors (Lipinski definition) is 1.